The highest BCUT2D eigenvalue weighted by Crippen LogP contribution is 2.15. The topological polar surface area (TPSA) is 74.8 Å². The SMILES string of the molecule is Cc1ccc(OCC(=O)N2CCN(C(=O)c3cc(NCc4ccccc4)ccn3)CC2)cc1. The van der Waals surface area contributed by atoms with E-state index in [9.17, 15) is 9.59 Å². The van der Waals surface area contributed by atoms with Crippen molar-refractivity contribution in [3.63, 3.8) is 0 Å². The first kappa shape index (κ1) is 22.3. The Morgan fingerprint density at radius 1 is 0.939 bits per heavy atom. The number of piperazine rings is 1. The van der Waals surface area contributed by atoms with E-state index in [1.807, 2.05) is 67.6 Å². The van der Waals surface area contributed by atoms with Crippen molar-refractivity contribution < 1.29 is 14.3 Å². The maximum Gasteiger partial charge on any atom is 0.272 e. The van der Waals surface area contributed by atoms with Gasteiger partial charge in [-0.1, -0.05) is 48.0 Å². The van der Waals surface area contributed by atoms with Crippen molar-refractivity contribution in [2.75, 3.05) is 38.1 Å². The summed E-state index contributed by atoms with van der Waals surface area (Å²) in [4.78, 5) is 33.2. The summed E-state index contributed by atoms with van der Waals surface area (Å²) in [6.07, 6.45) is 1.64. The molecule has 1 aliphatic heterocycles. The number of carbonyl (C=O) groups is 2. The molecule has 2 amide bonds. The van der Waals surface area contributed by atoms with E-state index in [1.54, 1.807) is 22.1 Å². The van der Waals surface area contributed by atoms with Gasteiger partial charge < -0.3 is 19.9 Å². The van der Waals surface area contributed by atoms with Crippen LogP contribution in [0.2, 0.25) is 0 Å². The van der Waals surface area contributed by atoms with Crippen LogP contribution in [0.3, 0.4) is 0 Å². The minimum absolute atomic E-state index is 0.00626. The van der Waals surface area contributed by atoms with Gasteiger partial charge in [-0.15, -0.1) is 0 Å². The molecule has 1 N–H and O–H groups in total. The number of pyridine rings is 1. The Morgan fingerprint density at radius 3 is 2.36 bits per heavy atom. The van der Waals surface area contributed by atoms with Crippen LogP contribution in [0.5, 0.6) is 5.75 Å². The number of nitrogens with one attached hydrogen (secondary N) is 1. The zero-order valence-corrected chi connectivity index (χ0v) is 18.7. The minimum atomic E-state index is -0.124. The number of amides is 2. The molecule has 1 saturated heterocycles. The average Bonchev–Trinajstić information content (AvgIpc) is 2.87. The van der Waals surface area contributed by atoms with E-state index in [0.717, 1.165) is 16.8 Å². The first-order valence-electron chi connectivity index (χ1n) is 11.1. The van der Waals surface area contributed by atoms with Crippen LogP contribution >= 0.6 is 0 Å². The third kappa shape index (κ3) is 6.10. The number of benzene rings is 2. The Balaban J connectivity index is 1.26. The van der Waals surface area contributed by atoms with E-state index in [0.29, 0.717) is 44.2 Å². The number of anilines is 1. The second kappa shape index (κ2) is 10.6. The lowest BCUT2D eigenvalue weighted by atomic mass is 10.2. The molecule has 0 atom stereocenters. The zero-order valence-electron chi connectivity index (χ0n) is 18.7. The number of nitrogens with zero attached hydrogens (tertiary/aromatic N) is 3. The molecule has 2 heterocycles. The van der Waals surface area contributed by atoms with Gasteiger partial charge in [-0.2, -0.15) is 0 Å². The summed E-state index contributed by atoms with van der Waals surface area (Å²) in [6.45, 7) is 4.57. The van der Waals surface area contributed by atoms with E-state index < -0.39 is 0 Å². The fourth-order valence-electron chi connectivity index (χ4n) is 3.65. The third-order valence-corrected chi connectivity index (χ3v) is 5.62. The average molecular weight is 445 g/mol. The van der Waals surface area contributed by atoms with E-state index in [4.69, 9.17) is 4.74 Å². The Hall–Kier alpha value is -3.87. The molecule has 0 radical (unpaired) electrons. The molecule has 0 spiro atoms. The second-order valence-electron chi connectivity index (χ2n) is 8.04. The van der Waals surface area contributed by atoms with Crippen molar-refractivity contribution >= 4 is 17.5 Å². The van der Waals surface area contributed by atoms with Gasteiger partial charge in [-0.3, -0.25) is 14.6 Å². The lowest BCUT2D eigenvalue weighted by molar-refractivity contribution is -0.134. The zero-order chi connectivity index (χ0) is 23.0. The quantitative estimate of drug-likeness (QED) is 0.605. The van der Waals surface area contributed by atoms with Crippen molar-refractivity contribution in [2.24, 2.45) is 0 Å². The number of carbonyl (C=O) groups excluding carboxylic acids is 2. The molecule has 4 rings (SSSR count). The summed E-state index contributed by atoms with van der Waals surface area (Å²) in [5.74, 6) is 0.476. The van der Waals surface area contributed by atoms with Crippen molar-refractivity contribution in [3.05, 3.63) is 89.7 Å². The first-order chi connectivity index (χ1) is 16.1. The summed E-state index contributed by atoms with van der Waals surface area (Å²) >= 11 is 0. The smallest absolute Gasteiger partial charge is 0.272 e. The molecule has 33 heavy (non-hydrogen) atoms. The summed E-state index contributed by atoms with van der Waals surface area (Å²) < 4.78 is 5.60. The van der Waals surface area contributed by atoms with Crippen LogP contribution in [-0.4, -0.2) is 59.4 Å². The molecule has 0 saturated carbocycles. The molecule has 1 aromatic heterocycles. The van der Waals surface area contributed by atoms with E-state index in [-0.39, 0.29) is 18.4 Å². The Bertz CT molecular complexity index is 1080. The van der Waals surface area contributed by atoms with Gasteiger partial charge in [0.15, 0.2) is 6.61 Å². The highest BCUT2D eigenvalue weighted by atomic mass is 16.5. The summed E-state index contributed by atoms with van der Waals surface area (Å²) in [6, 6.07) is 21.3. The van der Waals surface area contributed by atoms with Crippen molar-refractivity contribution in [2.45, 2.75) is 13.5 Å². The lowest BCUT2D eigenvalue weighted by Gasteiger charge is -2.34. The predicted octanol–water partition coefficient (Wildman–Crippen LogP) is 3.37. The number of aryl methyl sites for hydroxylation is 1. The lowest BCUT2D eigenvalue weighted by Crippen LogP contribution is -2.51. The summed E-state index contributed by atoms with van der Waals surface area (Å²) in [5.41, 5.74) is 3.55. The van der Waals surface area contributed by atoms with Gasteiger partial charge in [-0.25, -0.2) is 0 Å². The van der Waals surface area contributed by atoms with Crippen molar-refractivity contribution in [3.8, 4) is 5.75 Å². The number of ether oxygens (including phenoxy) is 1. The van der Waals surface area contributed by atoms with E-state index in [1.165, 1.54) is 0 Å². The molecular weight excluding hydrogens is 416 g/mol. The molecule has 1 aliphatic rings. The number of rotatable bonds is 7. The molecule has 2 aromatic carbocycles. The van der Waals surface area contributed by atoms with Crippen LogP contribution in [0.15, 0.2) is 72.9 Å². The molecule has 170 valence electrons. The standard InChI is InChI=1S/C26H28N4O3/c1-20-7-9-23(10-8-20)33-19-25(31)29-13-15-30(16-14-29)26(32)24-17-22(11-12-27-24)28-18-21-5-3-2-4-6-21/h2-12,17H,13-16,18-19H2,1H3,(H,27,28). The van der Waals surface area contributed by atoms with Gasteiger partial charge in [0.05, 0.1) is 0 Å². The van der Waals surface area contributed by atoms with Gasteiger partial charge in [0.25, 0.3) is 11.8 Å². The maximum atomic E-state index is 12.9. The van der Waals surface area contributed by atoms with Gasteiger partial charge in [-0.05, 0) is 36.8 Å². The third-order valence-electron chi connectivity index (χ3n) is 5.62. The Morgan fingerprint density at radius 2 is 1.64 bits per heavy atom. The largest absolute Gasteiger partial charge is 0.484 e. The molecule has 0 aliphatic carbocycles. The van der Waals surface area contributed by atoms with E-state index >= 15 is 0 Å². The van der Waals surface area contributed by atoms with Crippen LogP contribution < -0.4 is 10.1 Å². The highest BCUT2D eigenvalue weighted by Gasteiger charge is 2.25. The summed E-state index contributed by atoms with van der Waals surface area (Å²) in [5, 5.41) is 3.33. The normalized spacial score (nSPS) is 13.5. The van der Waals surface area contributed by atoms with Crippen molar-refractivity contribution in [1.82, 2.24) is 14.8 Å². The highest BCUT2D eigenvalue weighted by molar-refractivity contribution is 5.93. The molecule has 0 unspecified atom stereocenters. The van der Waals surface area contributed by atoms with Crippen LogP contribution in [0.4, 0.5) is 5.69 Å². The van der Waals surface area contributed by atoms with Crippen molar-refractivity contribution in [1.29, 1.82) is 0 Å². The van der Waals surface area contributed by atoms with Gasteiger partial charge in [0.2, 0.25) is 0 Å². The molecule has 3 aromatic rings. The Labute approximate surface area is 194 Å². The molecule has 7 nitrogen and oxygen atoms in total. The van der Waals surface area contributed by atoms with Crippen LogP contribution in [0.25, 0.3) is 0 Å². The van der Waals surface area contributed by atoms with Gasteiger partial charge in [0, 0.05) is 44.6 Å². The molecule has 1 fully saturated rings. The number of hydrogen-bond acceptors (Lipinski definition) is 5. The predicted molar refractivity (Wildman–Crippen MR) is 127 cm³/mol. The number of aromatic nitrogens is 1. The molecular formula is C26H28N4O3. The fourth-order valence-corrected chi connectivity index (χ4v) is 3.65. The second-order valence-corrected chi connectivity index (χ2v) is 8.04. The molecule has 7 heteroatoms. The van der Waals surface area contributed by atoms with Crippen LogP contribution in [0.1, 0.15) is 21.6 Å². The minimum Gasteiger partial charge on any atom is -0.484 e. The van der Waals surface area contributed by atoms with E-state index in [2.05, 4.69) is 10.3 Å². The monoisotopic (exact) mass is 444 g/mol. The van der Waals surface area contributed by atoms with Crippen LogP contribution in [-0.2, 0) is 11.3 Å². The van der Waals surface area contributed by atoms with Gasteiger partial charge >= 0.3 is 0 Å². The Kier molecular flexibility index (Phi) is 7.19. The fraction of sp³-hybridized carbons (Fsp3) is 0.269. The first-order valence-corrected chi connectivity index (χ1v) is 11.1. The number of hydrogen-bond donors (Lipinski definition) is 1. The van der Waals surface area contributed by atoms with Gasteiger partial charge in [0.1, 0.15) is 11.4 Å². The van der Waals surface area contributed by atoms with Crippen LogP contribution in [0, 0.1) is 6.92 Å². The maximum absolute atomic E-state index is 12.9. The summed E-state index contributed by atoms with van der Waals surface area (Å²) in [7, 11) is 0. The molecule has 0 bridgehead atoms.